The van der Waals surface area contributed by atoms with Gasteiger partial charge in [-0.25, -0.2) is 9.37 Å². The van der Waals surface area contributed by atoms with Gasteiger partial charge in [-0.2, -0.15) is 0 Å². The lowest BCUT2D eigenvalue weighted by atomic mass is 10.1. The predicted octanol–water partition coefficient (Wildman–Crippen LogP) is 5.44. The van der Waals surface area contributed by atoms with Gasteiger partial charge in [0.05, 0.1) is 28.3 Å². The van der Waals surface area contributed by atoms with Crippen LogP contribution in [0.25, 0.3) is 11.3 Å². The Hall–Kier alpha value is -3.40. The molecule has 1 aromatic heterocycles. The molecule has 0 fully saturated rings. The first-order chi connectivity index (χ1) is 15.4. The molecular formula is C23H17FN3O3S2-. The Morgan fingerprint density at radius 2 is 1.59 bits per heavy atom. The Kier molecular flexibility index (Phi) is 6.40. The summed E-state index contributed by atoms with van der Waals surface area (Å²) in [6.07, 6.45) is 0. The van der Waals surface area contributed by atoms with Crippen molar-refractivity contribution in [3.63, 3.8) is 0 Å². The molecule has 0 aliphatic carbocycles. The number of nitrogens with zero attached hydrogens (tertiary/aromatic N) is 2. The highest BCUT2D eigenvalue weighted by Crippen LogP contribution is 2.28. The maximum absolute atomic E-state index is 13.2. The smallest absolute Gasteiger partial charge is 0.257 e. The molecule has 32 heavy (non-hydrogen) atoms. The van der Waals surface area contributed by atoms with Crippen molar-refractivity contribution < 1.29 is 17.9 Å². The van der Waals surface area contributed by atoms with E-state index in [4.69, 9.17) is 0 Å². The summed E-state index contributed by atoms with van der Waals surface area (Å²) in [5.41, 5.74) is 3.83. The highest BCUT2D eigenvalue weighted by Gasteiger charge is 2.14. The van der Waals surface area contributed by atoms with Crippen LogP contribution < -0.4 is 9.62 Å². The Morgan fingerprint density at radius 1 is 1.00 bits per heavy atom. The van der Waals surface area contributed by atoms with Gasteiger partial charge in [-0.15, -0.1) is 11.3 Å². The van der Waals surface area contributed by atoms with Crippen molar-refractivity contribution in [2.75, 3.05) is 9.62 Å². The number of halogens is 1. The summed E-state index contributed by atoms with van der Waals surface area (Å²) in [6, 6.07) is 19.1. The molecule has 1 unspecified atom stereocenters. The molecule has 0 saturated carbocycles. The average molecular weight is 467 g/mol. The van der Waals surface area contributed by atoms with Crippen LogP contribution in [0.4, 0.5) is 20.9 Å². The molecule has 0 bridgehead atoms. The third-order valence-corrected chi connectivity index (χ3v) is 6.12. The van der Waals surface area contributed by atoms with E-state index in [0.29, 0.717) is 16.4 Å². The number of benzene rings is 3. The summed E-state index contributed by atoms with van der Waals surface area (Å²) in [6.45, 7) is 2.01. The van der Waals surface area contributed by atoms with E-state index in [1.807, 2.05) is 36.6 Å². The maximum atomic E-state index is 13.2. The van der Waals surface area contributed by atoms with Gasteiger partial charge in [0.2, 0.25) is 0 Å². The van der Waals surface area contributed by atoms with E-state index in [1.165, 1.54) is 59.9 Å². The van der Waals surface area contributed by atoms with Crippen molar-refractivity contribution in [3.05, 3.63) is 95.1 Å². The lowest BCUT2D eigenvalue weighted by molar-refractivity contribution is 0.102. The van der Waals surface area contributed by atoms with E-state index in [2.05, 4.69) is 10.3 Å². The lowest BCUT2D eigenvalue weighted by Crippen LogP contribution is -2.19. The van der Waals surface area contributed by atoms with E-state index in [1.54, 1.807) is 0 Å². The van der Waals surface area contributed by atoms with Crippen LogP contribution in [0.1, 0.15) is 15.9 Å². The minimum Gasteiger partial charge on any atom is -0.755 e. The lowest BCUT2D eigenvalue weighted by Gasteiger charge is -2.26. The van der Waals surface area contributed by atoms with Gasteiger partial charge in [0, 0.05) is 16.5 Å². The van der Waals surface area contributed by atoms with Gasteiger partial charge < -0.3 is 4.55 Å². The molecule has 6 nitrogen and oxygen atoms in total. The van der Waals surface area contributed by atoms with Crippen molar-refractivity contribution in [1.29, 1.82) is 0 Å². The van der Waals surface area contributed by atoms with Gasteiger partial charge in [0.15, 0.2) is 5.13 Å². The molecule has 1 atom stereocenters. The number of anilines is 3. The van der Waals surface area contributed by atoms with Gasteiger partial charge in [-0.1, -0.05) is 29.8 Å². The van der Waals surface area contributed by atoms with Crippen LogP contribution >= 0.6 is 11.3 Å². The monoisotopic (exact) mass is 466 g/mol. The van der Waals surface area contributed by atoms with Crippen molar-refractivity contribution in [1.82, 2.24) is 4.98 Å². The largest absolute Gasteiger partial charge is 0.755 e. The SMILES string of the molecule is Cc1ccc(-c2csc(NC(=O)c3ccc(N(c4ccc(F)cc4)S(=O)[O-])cc3)n2)cc1. The number of carbonyl (C=O) groups excluding carboxylic acids is 1. The second-order valence-electron chi connectivity index (χ2n) is 6.89. The first-order valence-electron chi connectivity index (χ1n) is 9.50. The van der Waals surface area contributed by atoms with Gasteiger partial charge in [0.25, 0.3) is 5.91 Å². The minimum atomic E-state index is -2.63. The molecule has 3 aromatic carbocycles. The van der Waals surface area contributed by atoms with Gasteiger partial charge in [-0.05, 0) is 55.5 Å². The van der Waals surface area contributed by atoms with Crippen molar-refractivity contribution in [2.45, 2.75) is 6.92 Å². The van der Waals surface area contributed by atoms with Crippen LogP contribution in [0.15, 0.2) is 78.2 Å². The summed E-state index contributed by atoms with van der Waals surface area (Å²) >= 11 is -1.31. The highest BCUT2D eigenvalue weighted by molar-refractivity contribution is 7.81. The Morgan fingerprint density at radius 3 is 2.19 bits per heavy atom. The highest BCUT2D eigenvalue weighted by atomic mass is 32.2. The van der Waals surface area contributed by atoms with Crippen LogP contribution in [-0.4, -0.2) is 19.7 Å². The summed E-state index contributed by atoms with van der Waals surface area (Å²) in [5, 5.41) is 5.09. The summed E-state index contributed by atoms with van der Waals surface area (Å²) < 4.78 is 37.6. The first kappa shape index (κ1) is 21.8. The summed E-state index contributed by atoms with van der Waals surface area (Å²) in [7, 11) is 0. The molecule has 0 aliphatic rings. The van der Waals surface area contributed by atoms with E-state index >= 15 is 0 Å². The molecule has 0 radical (unpaired) electrons. The van der Waals surface area contributed by atoms with E-state index < -0.39 is 17.1 Å². The second-order valence-corrected chi connectivity index (χ2v) is 8.55. The molecule has 0 saturated heterocycles. The third-order valence-electron chi connectivity index (χ3n) is 4.65. The molecule has 1 heterocycles. The number of hydrogen-bond acceptors (Lipinski definition) is 5. The van der Waals surface area contributed by atoms with Crippen LogP contribution in [0.2, 0.25) is 0 Å². The molecular weight excluding hydrogens is 449 g/mol. The third kappa shape index (κ3) is 4.91. The normalized spacial score (nSPS) is 11.7. The Bertz CT molecular complexity index is 1260. The van der Waals surface area contributed by atoms with Crippen LogP contribution in [0, 0.1) is 12.7 Å². The van der Waals surface area contributed by atoms with Crippen molar-refractivity contribution in [3.8, 4) is 11.3 Å². The number of nitrogens with one attached hydrogen (secondary N) is 1. The fraction of sp³-hybridized carbons (Fsp3) is 0.0435. The predicted molar refractivity (Wildman–Crippen MR) is 124 cm³/mol. The summed E-state index contributed by atoms with van der Waals surface area (Å²) in [4.78, 5) is 17.1. The molecule has 0 aliphatic heterocycles. The molecule has 4 rings (SSSR count). The number of rotatable bonds is 6. The zero-order valence-electron chi connectivity index (χ0n) is 16.8. The number of aryl methyl sites for hydroxylation is 1. The zero-order valence-corrected chi connectivity index (χ0v) is 18.5. The van der Waals surface area contributed by atoms with Gasteiger partial charge in [-0.3, -0.25) is 18.6 Å². The standard InChI is InChI=1S/C23H18FN3O3S2/c1-15-2-4-16(5-3-15)21-14-31-23(25-21)26-22(28)17-6-10-19(11-7-17)27(32(29)30)20-12-8-18(24)9-13-20/h2-14H,1H3,(H,29,30)(H,25,26,28)/p-1. The Labute approximate surface area is 190 Å². The molecule has 162 valence electrons. The molecule has 1 N–H and O–H groups in total. The minimum absolute atomic E-state index is 0.281. The zero-order chi connectivity index (χ0) is 22.7. The maximum Gasteiger partial charge on any atom is 0.257 e. The van der Waals surface area contributed by atoms with Crippen LogP contribution in [0.5, 0.6) is 0 Å². The molecule has 1 amide bonds. The Balaban J connectivity index is 1.49. The van der Waals surface area contributed by atoms with Gasteiger partial charge >= 0.3 is 0 Å². The number of hydrogen-bond donors (Lipinski definition) is 1. The number of aromatic nitrogens is 1. The topological polar surface area (TPSA) is 85.4 Å². The van der Waals surface area contributed by atoms with Gasteiger partial charge in [0.1, 0.15) is 5.82 Å². The quantitative estimate of drug-likeness (QED) is 0.383. The number of thiazole rings is 1. The fourth-order valence-corrected chi connectivity index (χ4v) is 4.31. The fourth-order valence-electron chi connectivity index (χ4n) is 3.00. The van der Waals surface area contributed by atoms with Crippen molar-refractivity contribution >= 4 is 45.0 Å². The van der Waals surface area contributed by atoms with Crippen LogP contribution in [0.3, 0.4) is 0 Å². The molecule has 4 aromatic rings. The number of carbonyl (C=O) groups is 1. The van der Waals surface area contributed by atoms with Crippen molar-refractivity contribution in [2.24, 2.45) is 0 Å². The second kappa shape index (κ2) is 9.39. The average Bonchev–Trinajstić information content (AvgIpc) is 3.24. The number of amides is 1. The first-order valence-corrected chi connectivity index (χ1v) is 11.4. The molecule has 9 heteroatoms. The van der Waals surface area contributed by atoms with E-state index in [9.17, 15) is 17.9 Å². The van der Waals surface area contributed by atoms with E-state index in [0.717, 1.165) is 21.1 Å². The van der Waals surface area contributed by atoms with Crippen LogP contribution in [-0.2, 0) is 11.3 Å². The van der Waals surface area contributed by atoms with E-state index in [-0.39, 0.29) is 11.6 Å². The molecule has 0 spiro atoms. The summed E-state index contributed by atoms with van der Waals surface area (Å²) in [5.74, 6) is -0.831.